The van der Waals surface area contributed by atoms with Gasteiger partial charge in [0.2, 0.25) is 11.4 Å². The first-order valence-electron chi connectivity index (χ1n) is 29.1. The van der Waals surface area contributed by atoms with Gasteiger partial charge in [0.15, 0.2) is 11.8 Å². The SMILES string of the molecule is CCCCCCN(CCCCCC)c1ccc(C=CC2=[N+](CCCC=[N+]3c4ccc5ccccc5c4C(C)(C)C3C=Cc3ccc(N(CCCCCC)CCCCCC)cc3)c3ccccc3C2(C)C)cc1. The fraction of sp³-hybridized carbons (Fsp3) is 0.500. The van der Waals surface area contributed by atoms with Gasteiger partial charge in [0.05, 0.1) is 10.8 Å². The van der Waals surface area contributed by atoms with Gasteiger partial charge in [-0.3, -0.25) is 0 Å². The highest BCUT2D eigenvalue weighted by Crippen LogP contribution is 2.48. The standard InChI is InChI=1S/C68H94N4/c1-9-13-17-25-49-69(50-26-18-14-10-2)58-42-35-55(36-43-58)39-47-64-67(5,6)61-33-23-24-34-62(61)71(64)53-29-30-54-72-63-46-41-57-31-21-22-32-60(57)66(63)68(7,8)65(72)48-40-56-37-44-59(45-38-56)70(51-27-19-15-11-3)52-28-20-16-12-4/h21-24,31-48,54,65H,9-20,25-30,49-53H2,1-8H3/q+2. The average Bonchev–Trinajstić information content (AvgIpc) is 3.75. The Bertz CT molecular complexity index is 2550. The molecule has 0 bridgehead atoms. The first kappa shape index (κ1) is 54.6. The maximum absolute atomic E-state index is 2.65. The van der Waals surface area contributed by atoms with Crippen LogP contribution in [0.5, 0.6) is 0 Å². The summed E-state index contributed by atoms with van der Waals surface area (Å²) in [6, 6.07) is 41.9. The van der Waals surface area contributed by atoms with Crippen LogP contribution in [0.1, 0.15) is 193 Å². The number of para-hydroxylation sites is 1. The van der Waals surface area contributed by atoms with E-state index in [9.17, 15) is 0 Å². The Balaban J connectivity index is 1.12. The molecular weight excluding hydrogens is 873 g/mol. The van der Waals surface area contributed by atoms with Crippen LogP contribution in [-0.2, 0) is 10.8 Å². The van der Waals surface area contributed by atoms with Gasteiger partial charge in [0, 0.05) is 79.7 Å². The van der Waals surface area contributed by atoms with Crippen LogP contribution < -0.4 is 9.80 Å². The fourth-order valence-corrected chi connectivity index (χ4v) is 11.8. The molecule has 0 spiro atoms. The molecule has 5 aromatic rings. The first-order valence-corrected chi connectivity index (χ1v) is 29.1. The lowest BCUT2D eigenvalue weighted by Crippen LogP contribution is -2.33. The molecule has 2 aliphatic rings. The van der Waals surface area contributed by atoms with Crippen LogP contribution in [-0.4, -0.2) is 59.8 Å². The summed E-state index contributed by atoms with van der Waals surface area (Å²) in [6.45, 7) is 24.5. The monoisotopic (exact) mass is 967 g/mol. The number of anilines is 2. The van der Waals surface area contributed by atoms with Crippen LogP contribution in [0.2, 0.25) is 0 Å². The third-order valence-electron chi connectivity index (χ3n) is 16.1. The van der Waals surface area contributed by atoms with Crippen molar-refractivity contribution in [2.45, 2.75) is 188 Å². The Hall–Kier alpha value is -5.22. The van der Waals surface area contributed by atoms with Crippen molar-refractivity contribution in [2.24, 2.45) is 0 Å². The Morgan fingerprint density at radius 2 is 1.00 bits per heavy atom. The first-order chi connectivity index (χ1) is 35.1. The quantitative estimate of drug-likeness (QED) is 0.0336. The molecule has 0 aliphatic carbocycles. The molecule has 2 aliphatic heterocycles. The van der Waals surface area contributed by atoms with Gasteiger partial charge in [0.25, 0.3) is 0 Å². The van der Waals surface area contributed by atoms with Crippen molar-refractivity contribution in [3.05, 3.63) is 144 Å². The minimum Gasteiger partial charge on any atom is -0.372 e. The predicted octanol–water partition coefficient (Wildman–Crippen LogP) is 18.4. The Labute approximate surface area is 438 Å². The smallest absolute Gasteiger partial charge is 0.210 e. The second kappa shape index (κ2) is 27.2. The molecule has 0 N–H and O–H groups in total. The maximum Gasteiger partial charge on any atom is 0.210 e. The van der Waals surface area contributed by atoms with Crippen molar-refractivity contribution in [1.82, 2.24) is 0 Å². The normalized spacial score (nSPS) is 16.4. The second-order valence-corrected chi connectivity index (χ2v) is 22.4. The van der Waals surface area contributed by atoms with Crippen LogP contribution in [0, 0.1) is 0 Å². The average molecular weight is 968 g/mol. The van der Waals surface area contributed by atoms with Crippen molar-refractivity contribution in [3.63, 3.8) is 0 Å². The molecule has 1 atom stereocenters. The molecule has 7 rings (SSSR count). The zero-order chi connectivity index (χ0) is 50.8. The molecule has 2 heterocycles. The highest BCUT2D eigenvalue weighted by atomic mass is 15.1. The maximum atomic E-state index is 2.65. The lowest BCUT2D eigenvalue weighted by molar-refractivity contribution is -0.466. The van der Waals surface area contributed by atoms with E-state index in [4.69, 9.17) is 0 Å². The summed E-state index contributed by atoms with van der Waals surface area (Å²) in [4.78, 5) is 5.29. The van der Waals surface area contributed by atoms with Crippen molar-refractivity contribution >= 4 is 57.6 Å². The van der Waals surface area contributed by atoms with Crippen molar-refractivity contribution in [3.8, 4) is 0 Å². The van der Waals surface area contributed by atoms with Crippen molar-refractivity contribution in [2.75, 3.05) is 42.5 Å². The molecule has 0 saturated heterocycles. The number of allylic oxidation sites excluding steroid dienone is 1. The highest BCUT2D eigenvalue weighted by molar-refractivity contribution is 6.05. The number of benzene rings is 5. The van der Waals surface area contributed by atoms with Crippen molar-refractivity contribution in [1.29, 1.82) is 0 Å². The molecule has 0 saturated carbocycles. The van der Waals surface area contributed by atoms with Gasteiger partial charge in [-0.15, -0.1) is 0 Å². The Morgan fingerprint density at radius 1 is 0.486 bits per heavy atom. The zero-order valence-corrected chi connectivity index (χ0v) is 46.4. The summed E-state index contributed by atoms with van der Waals surface area (Å²) in [5.41, 5.74) is 12.0. The molecule has 0 radical (unpaired) electrons. The Kier molecular flexibility index (Phi) is 20.6. The molecule has 1 unspecified atom stereocenters. The molecule has 72 heavy (non-hydrogen) atoms. The van der Waals surface area contributed by atoms with E-state index < -0.39 is 0 Å². The van der Waals surface area contributed by atoms with Crippen molar-refractivity contribution < 1.29 is 9.15 Å². The van der Waals surface area contributed by atoms with Crippen LogP contribution in [0.4, 0.5) is 22.7 Å². The van der Waals surface area contributed by atoms with Crippen LogP contribution in [0.3, 0.4) is 0 Å². The largest absolute Gasteiger partial charge is 0.372 e. The van der Waals surface area contributed by atoms with E-state index in [1.54, 1.807) is 0 Å². The third kappa shape index (κ3) is 13.7. The molecule has 0 aromatic heterocycles. The molecule has 5 aromatic carbocycles. The number of unbranched alkanes of at least 4 members (excludes halogenated alkanes) is 13. The summed E-state index contributed by atoms with van der Waals surface area (Å²) < 4.78 is 5.24. The van der Waals surface area contributed by atoms with Crippen LogP contribution in [0.25, 0.3) is 22.9 Å². The van der Waals surface area contributed by atoms with Gasteiger partial charge in [0.1, 0.15) is 12.8 Å². The van der Waals surface area contributed by atoms with Gasteiger partial charge in [-0.1, -0.05) is 178 Å². The summed E-state index contributed by atoms with van der Waals surface area (Å²) >= 11 is 0. The van der Waals surface area contributed by atoms with Gasteiger partial charge in [-0.05, 0) is 118 Å². The minimum absolute atomic E-state index is 0.0969. The van der Waals surface area contributed by atoms with E-state index in [2.05, 4.69) is 214 Å². The van der Waals surface area contributed by atoms with Crippen LogP contribution in [0.15, 0.2) is 121 Å². The summed E-state index contributed by atoms with van der Waals surface area (Å²) in [7, 11) is 0. The van der Waals surface area contributed by atoms with E-state index in [0.717, 1.165) is 45.6 Å². The molecule has 4 heteroatoms. The molecule has 384 valence electrons. The van der Waals surface area contributed by atoms with E-state index in [1.807, 2.05) is 0 Å². The molecule has 0 fully saturated rings. The summed E-state index contributed by atoms with van der Waals surface area (Å²) in [5, 5.41) is 2.69. The highest BCUT2D eigenvalue weighted by Gasteiger charge is 2.49. The predicted molar refractivity (Wildman–Crippen MR) is 317 cm³/mol. The number of hydrogen-bond donors (Lipinski definition) is 0. The molecule has 0 amide bonds. The summed E-state index contributed by atoms with van der Waals surface area (Å²) in [5.74, 6) is 0. The Morgan fingerprint density at radius 3 is 1.56 bits per heavy atom. The lowest BCUT2D eigenvalue weighted by atomic mass is 9.78. The molecular formula is C68H94N4+2. The topological polar surface area (TPSA) is 12.5 Å². The van der Waals surface area contributed by atoms with E-state index in [1.165, 1.54) is 164 Å². The van der Waals surface area contributed by atoms with Gasteiger partial charge < -0.3 is 9.80 Å². The van der Waals surface area contributed by atoms with Crippen LogP contribution >= 0.6 is 0 Å². The summed E-state index contributed by atoms with van der Waals surface area (Å²) in [6.07, 6.45) is 35.0. The van der Waals surface area contributed by atoms with E-state index in [-0.39, 0.29) is 16.9 Å². The van der Waals surface area contributed by atoms with Gasteiger partial charge >= 0.3 is 0 Å². The van der Waals surface area contributed by atoms with E-state index in [0.29, 0.717) is 0 Å². The van der Waals surface area contributed by atoms with Gasteiger partial charge in [-0.2, -0.15) is 9.15 Å². The lowest BCUT2D eigenvalue weighted by Gasteiger charge is -2.25. The number of hydrogen-bond acceptors (Lipinski definition) is 2. The number of nitrogens with zero attached hydrogens (tertiary/aromatic N) is 4. The number of fused-ring (bicyclic) bond motifs is 4. The van der Waals surface area contributed by atoms with Gasteiger partial charge in [-0.25, -0.2) is 0 Å². The number of rotatable bonds is 30. The van der Waals surface area contributed by atoms with E-state index >= 15 is 0 Å². The second-order valence-electron chi connectivity index (χ2n) is 22.4. The third-order valence-corrected chi connectivity index (χ3v) is 16.1. The zero-order valence-electron chi connectivity index (χ0n) is 46.4. The fourth-order valence-electron chi connectivity index (χ4n) is 11.8. The minimum atomic E-state index is -0.0981. The molecule has 4 nitrogen and oxygen atoms in total.